The molecule has 0 radical (unpaired) electrons. The highest BCUT2D eigenvalue weighted by Gasteiger charge is 2.24. The summed E-state index contributed by atoms with van der Waals surface area (Å²) in [7, 11) is 0. The molecule has 0 spiro atoms. The van der Waals surface area contributed by atoms with E-state index < -0.39 is 0 Å². The Labute approximate surface area is 55.8 Å². The van der Waals surface area contributed by atoms with Crippen molar-refractivity contribution in [2.75, 3.05) is 0 Å². The van der Waals surface area contributed by atoms with Crippen LogP contribution in [0.25, 0.3) is 0 Å². The Morgan fingerprint density at radius 2 is 2.22 bits per heavy atom. The van der Waals surface area contributed by atoms with Crippen molar-refractivity contribution in [1.82, 2.24) is 0 Å². The van der Waals surface area contributed by atoms with Gasteiger partial charge in [0.05, 0.1) is 18.3 Å². The zero-order valence-electron chi connectivity index (χ0n) is 6.00. The maximum Gasteiger partial charge on any atom is 0.0835 e. The molecule has 0 aliphatic carbocycles. The molecule has 0 aromatic heterocycles. The van der Waals surface area contributed by atoms with Gasteiger partial charge in [0.1, 0.15) is 0 Å². The lowest BCUT2D eigenvalue weighted by atomic mass is 10.1. The minimum Gasteiger partial charge on any atom is -0.391 e. The smallest absolute Gasteiger partial charge is 0.0835 e. The van der Waals surface area contributed by atoms with E-state index >= 15 is 0 Å². The number of rotatable bonds is 1. The first-order chi connectivity index (χ1) is 4.20. The third-order valence-corrected chi connectivity index (χ3v) is 1.80. The second-order valence-electron chi connectivity index (χ2n) is 2.80. The van der Waals surface area contributed by atoms with E-state index in [1.165, 1.54) is 0 Å². The number of hydrogen-bond acceptors (Lipinski definition) is 2. The van der Waals surface area contributed by atoms with Crippen LogP contribution in [0, 0.1) is 0 Å². The molecule has 1 fully saturated rings. The number of ether oxygens (including phenoxy) is 1. The third kappa shape index (κ3) is 1.66. The van der Waals surface area contributed by atoms with Gasteiger partial charge in [-0.2, -0.15) is 0 Å². The van der Waals surface area contributed by atoms with E-state index in [1.807, 2.05) is 6.92 Å². The van der Waals surface area contributed by atoms with Crippen LogP contribution < -0.4 is 0 Å². The van der Waals surface area contributed by atoms with Crippen LogP contribution in [-0.2, 0) is 4.74 Å². The van der Waals surface area contributed by atoms with Crippen molar-refractivity contribution in [2.24, 2.45) is 0 Å². The van der Waals surface area contributed by atoms with Gasteiger partial charge in [-0.15, -0.1) is 0 Å². The molecular weight excluding hydrogens is 116 g/mol. The SMILES string of the molecule is CC1CCC(C(C)O)O1. The predicted octanol–water partition coefficient (Wildman–Crippen LogP) is 0.935. The monoisotopic (exact) mass is 130 g/mol. The van der Waals surface area contributed by atoms with Crippen LogP contribution in [0.5, 0.6) is 0 Å². The van der Waals surface area contributed by atoms with Gasteiger partial charge < -0.3 is 9.84 Å². The van der Waals surface area contributed by atoms with Crippen LogP contribution in [0.1, 0.15) is 26.7 Å². The lowest BCUT2D eigenvalue weighted by Crippen LogP contribution is -2.22. The van der Waals surface area contributed by atoms with Gasteiger partial charge in [0.15, 0.2) is 0 Å². The molecule has 3 unspecified atom stereocenters. The zero-order valence-corrected chi connectivity index (χ0v) is 6.00. The fourth-order valence-electron chi connectivity index (χ4n) is 1.19. The van der Waals surface area contributed by atoms with Gasteiger partial charge in [-0.05, 0) is 26.7 Å². The summed E-state index contributed by atoms with van der Waals surface area (Å²) in [6.07, 6.45) is 2.26. The van der Waals surface area contributed by atoms with Crippen molar-refractivity contribution < 1.29 is 9.84 Å². The van der Waals surface area contributed by atoms with Crippen molar-refractivity contribution >= 4 is 0 Å². The van der Waals surface area contributed by atoms with Crippen molar-refractivity contribution in [3.63, 3.8) is 0 Å². The molecule has 2 nitrogen and oxygen atoms in total. The average molecular weight is 130 g/mol. The number of aliphatic hydroxyl groups excluding tert-OH is 1. The first kappa shape index (κ1) is 7.03. The van der Waals surface area contributed by atoms with E-state index in [0.717, 1.165) is 12.8 Å². The number of hydrogen-bond donors (Lipinski definition) is 1. The molecule has 0 aromatic rings. The predicted molar refractivity (Wildman–Crippen MR) is 35.2 cm³/mol. The molecule has 3 atom stereocenters. The fraction of sp³-hybridized carbons (Fsp3) is 1.00. The molecule has 54 valence electrons. The molecule has 1 saturated heterocycles. The minimum atomic E-state index is -0.296. The normalized spacial score (nSPS) is 39.0. The van der Waals surface area contributed by atoms with Gasteiger partial charge in [-0.25, -0.2) is 0 Å². The summed E-state index contributed by atoms with van der Waals surface area (Å²) >= 11 is 0. The molecule has 0 saturated carbocycles. The van der Waals surface area contributed by atoms with E-state index in [2.05, 4.69) is 0 Å². The molecular formula is C7H14O2. The summed E-state index contributed by atoms with van der Waals surface area (Å²) in [6.45, 7) is 3.82. The lowest BCUT2D eigenvalue weighted by Gasteiger charge is -2.12. The van der Waals surface area contributed by atoms with Gasteiger partial charge in [0, 0.05) is 0 Å². The van der Waals surface area contributed by atoms with Gasteiger partial charge in [0.2, 0.25) is 0 Å². The highest BCUT2D eigenvalue weighted by atomic mass is 16.5. The molecule has 0 bridgehead atoms. The molecule has 1 aliphatic heterocycles. The third-order valence-electron chi connectivity index (χ3n) is 1.80. The summed E-state index contributed by atoms with van der Waals surface area (Å²) < 4.78 is 5.37. The van der Waals surface area contributed by atoms with Crippen molar-refractivity contribution in [3.8, 4) is 0 Å². The average Bonchev–Trinajstić information content (AvgIpc) is 2.14. The van der Waals surface area contributed by atoms with Gasteiger partial charge in [-0.1, -0.05) is 0 Å². The van der Waals surface area contributed by atoms with Crippen LogP contribution in [0.2, 0.25) is 0 Å². The maximum atomic E-state index is 9.04. The van der Waals surface area contributed by atoms with Gasteiger partial charge in [0.25, 0.3) is 0 Å². The molecule has 0 amide bonds. The molecule has 9 heavy (non-hydrogen) atoms. The summed E-state index contributed by atoms with van der Waals surface area (Å²) in [5.41, 5.74) is 0. The highest BCUT2D eigenvalue weighted by molar-refractivity contribution is 4.73. The Balaban J connectivity index is 2.30. The Morgan fingerprint density at radius 3 is 2.44 bits per heavy atom. The quantitative estimate of drug-likeness (QED) is 0.572. The van der Waals surface area contributed by atoms with Crippen molar-refractivity contribution in [1.29, 1.82) is 0 Å². The van der Waals surface area contributed by atoms with Crippen LogP contribution >= 0.6 is 0 Å². The number of aliphatic hydroxyl groups is 1. The second kappa shape index (κ2) is 2.67. The summed E-state index contributed by atoms with van der Waals surface area (Å²) in [4.78, 5) is 0. The second-order valence-corrected chi connectivity index (χ2v) is 2.80. The summed E-state index contributed by atoms with van der Waals surface area (Å²) in [5, 5.41) is 9.04. The molecule has 2 heteroatoms. The van der Waals surface area contributed by atoms with E-state index in [-0.39, 0.29) is 12.2 Å². The summed E-state index contributed by atoms with van der Waals surface area (Å²) in [5.74, 6) is 0. The molecule has 1 rings (SSSR count). The fourth-order valence-corrected chi connectivity index (χ4v) is 1.19. The first-order valence-corrected chi connectivity index (χ1v) is 3.53. The maximum absolute atomic E-state index is 9.04. The van der Waals surface area contributed by atoms with E-state index in [9.17, 15) is 0 Å². The Bertz CT molecular complexity index is 90.9. The van der Waals surface area contributed by atoms with E-state index in [4.69, 9.17) is 9.84 Å². The molecule has 1 aliphatic rings. The van der Waals surface area contributed by atoms with Crippen LogP contribution in [0.15, 0.2) is 0 Å². The van der Waals surface area contributed by atoms with E-state index in [0.29, 0.717) is 6.10 Å². The highest BCUT2D eigenvalue weighted by Crippen LogP contribution is 2.21. The Hall–Kier alpha value is -0.0800. The molecule has 0 aromatic carbocycles. The largest absolute Gasteiger partial charge is 0.391 e. The van der Waals surface area contributed by atoms with E-state index in [1.54, 1.807) is 6.92 Å². The first-order valence-electron chi connectivity index (χ1n) is 3.53. The Morgan fingerprint density at radius 1 is 1.56 bits per heavy atom. The lowest BCUT2D eigenvalue weighted by molar-refractivity contribution is -0.0203. The van der Waals surface area contributed by atoms with Gasteiger partial charge >= 0.3 is 0 Å². The van der Waals surface area contributed by atoms with Crippen molar-refractivity contribution in [2.45, 2.75) is 45.0 Å². The van der Waals surface area contributed by atoms with Gasteiger partial charge in [-0.3, -0.25) is 0 Å². The summed E-state index contributed by atoms with van der Waals surface area (Å²) in [6, 6.07) is 0. The van der Waals surface area contributed by atoms with Crippen LogP contribution in [0.3, 0.4) is 0 Å². The topological polar surface area (TPSA) is 29.5 Å². The standard InChI is InChI=1S/C7H14O2/c1-5-3-4-7(9-5)6(2)8/h5-8H,3-4H2,1-2H3. The molecule has 1 N–H and O–H groups in total. The van der Waals surface area contributed by atoms with Crippen molar-refractivity contribution in [3.05, 3.63) is 0 Å². The zero-order chi connectivity index (χ0) is 6.85. The Kier molecular flexibility index (Phi) is 2.09. The molecule has 1 heterocycles. The minimum absolute atomic E-state index is 0.0972. The van der Waals surface area contributed by atoms with Crippen LogP contribution in [-0.4, -0.2) is 23.4 Å². The van der Waals surface area contributed by atoms with Crippen LogP contribution in [0.4, 0.5) is 0 Å².